The van der Waals surface area contributed by atoms with Crippen LogP contribution < -0.4 is 0 Å². The van der Waals surface area contributed by atoms with Crippen LogP contribution in [0, 0.1) is 0 Å². The van der Waals surface area contributed by atoms with Gasteiger partial charge in [-0.3, -0.25) is 9.98 Å². The second kappa shape index (κ2) is 4.36. The van der Waals surface area contributed by atoms with Gasteiger partial charge in [-0.25, -0.2) is 0 Å². The summed E-state index contributed by atoms with van der Waals surface area (Å²) in [6.07, 6.45) is 7.72. The first-order valence-electron chi connectivity index (χ1n) is 4.85. The molecule has 0 aliphatic carbocycles. The molecule has 76 valence electrons. The van der Waals surface area contributed by atoms with Gasteiger partial charge in [0, 0.05) is 12.4 Å². The number of aliphatic imine (C=N–C) groups is 1. The average Bonchev–Trinajstić information content (AvgIpc) is 2.59. The Kier molecular flexibility index (Phi) is 2.92. The van der Waals surface area contributed by atoms with Gasteiger partial charge in [0.1, 0.15) is 11.2 Å². The van der Waals surface area contributed by atoms with Gasteiger partial charge in [-0.05, 0) is 32.1 Å². The summed E-state index contributed by atoms with van der Waals surface area (Å²) in [5, 5.41) is 0. The molecule has 2 aromatic rings. The van der Waals surface area contributed by atoms with Gasteiger partial charge in [0.25, 0.3) is 0 Å². The first kappa shape index (κ1) is 10.1. The molecule has 0 saturated carbocycles. The molecule has 2 aromatic heterocycles. The molecule has 3 heteroatoms. The second-order valence-corrected chi connectivity index (χ2v) is 4.14. The van der Waals surface area contributed by atoms with Crippen molar-refractivity contribution in [3.05, 3.63) is 29.3 Å². The molecule has 0 fully saturated rings. The number of nitrogens with zero attached hydrogens (tertiary/aromatic N) is 2. The van der Waals surface area contributed by atoms with E-state index in [2.05, 4.69) is 22.1 Å². The number of aromatic nitrogens is 1. The largest absolute Gasteiger partial charge is 0.258 e. The van der Waals surface area contributed by atoms with Crippen LogP contribution in [0.25, 0.3) is 16.3 Å². The average molecular weight is 216 g/mol. The Hall–Kier alpha value is -1.48. The SMILES string of the molecule is CC=Nc1c(/C=C\C)sc2cccnc12. The minimum Gasteiger partial charge on any atom is -0.258 e. The lowest BCUT2D eigenvalue weighted by molar-refractivity contribution is 1.41. The molecule has 0 N–H and O–H groups in total. The van der Waals surface area contributed by atoms with Crippen LogP contribution in [-0.2, 0) is 0 Å². The Labute approximate surface area is 93.0 Å². The quantitative estimate of drug-likeness (QED) is 0.695. The molecular formula is C12H12N2S. The van der Waals surface area contributed by atoms with Gasteiger partial charge in [-0.15, -0.1) is 11.3 Å². The lowest BCUT2D eigenvalue weighted by Crippen LogP contribution is -1.71. The predicted molar refractivity (Wildman–Crippen MR) is 68.2 cm³/mol. The number of pyridine rings is 1. The summed E-state index contributed by atoms with van der Waals surface area (Å²) in [5.41, 5.74) is 1.98. The molecule has 0 spiro atoms. The van der Waals surface area contributed by atoms with Crippen molar-refractivity contribution in [1.29, 1.82) is 0 Å². The normalized spacial score (nSPS) is 12.1. The van der Waals surface area contributed by atoms with E-state index in [-0.39, 0.29) is 0 Å². The molecule has 0 amide bonds. The Morgan fingerprint density at radius 2 is 2.27 bits per heavy atom. The fraction of sp³-hybridized carbons (Fsp3) is 0.167. The van der Waals surface area contributed by atoms with E-state index in [0.29, 0.717) is 0 Å². The van der Waals surface area contributed by atoms with E-state index in [1.807, 2.05) is 38.4 Å². The minimum absolute atomic E-state index is 0.983. The van der Waals surface area contributed by atoms with Crippen LogP contribution >= 0.6 is 11.3 Å². The number of rotatable bonds is 2. The van der Waals surface area contributed by atoms with Gasteiger partial charge in [-0.2, -0.15) is 0 Å². The predicted octanol–water partition coefficient (Wildman–Crippen LogP) is 4.05. The van der Waals surface area contributed by atoms with Crippen LogP contribution in [0.4, 0.5) is 5.69 Å². The van der Waals surface area contributed by atoms with E-state index in [4.69, 9.17) is 0 Å². The summed E-state index contributed by atoms with van der Waals surface area (Å²) in [6.45, 7) is 3.93. The zero-order valence-electron chi connectivity index (χ0n) is 8.77. The summed E-state index contributed by atoms with van der Waals surface area (Å²) in [5.74, 6) is 0. The van der Waals surface area contributed by atoms with Crippen LogP contribution in [-0.4, -0.2) is 11.2 Å². The number of hydrogen-bond acceptors (Lipinski definition) is 3. The van der Waals surface area contributed by atoms with Crippen LogP contribution in [0.15, 0.2) is 29.4 Å². The van der Waals surface area contributed by atoms with Crippen molar-refractivity contribution < 1.29 is 0 Å². The van der Waals surface area contributed by atoms with Gasteiger partial charge in [0.2, 0.25) is 0 Å². The number of thiophene rings is 1. The van der Waals surface area contributed by atoms with Gasteiger partial charge in [-0.1, -0.05) is 6.08 Å². The van der Waals surface area contributed by atoms with Gasteiger partial charge in [0.15, 0.2) is 0 Å². The monoisotopic (exact) mass is 216 g/mol. The topological polar surface area (TPSA) is 25.2 Å². The zero-order valence-corrected chi connectivity index (χ0v) is 9.58. The molecule has 0 aromatic carbocycles. The number of allylic oxidation sites excluding steroid dienone is 1. The number of hydrogen-bond donors (Lipinski definition) is 0. The Morgan fingerprint density at radius 3 is 3.00 bits per heavy atom. The lowest BCUT2D eigenvalue weighted by Gasteiger charge is -1.91. The van der Waals surface area contributed by atoms with E-state index in [1.54, 1.807) is 11.3 Å². The molecule has 0 radical (unpaired) electrons. The Bertz CT molecular complexity index is 523. The Balaban J connectivity index is 2.74. The summed E-state index contributed by atoms with van der Waals surface area (Å²) >= 11 is 1.73. The number of fused-ring (bicyclic) bond motifs is 1. The van der Waals surface area contributed by atoms with Crippen LogP contribution in [0.5, 0.6) is 0 Å². The van der Waals surface area contributed by atoms with Gasteiger partial charge < -0.3 is 0 Å². The van der Waals surface area contributed by atoms with Crippen molar-refractivity contribution >= 4 is 39.5 Å². The first-order chi connectivity index (χ1) is 7.36. The molecule has 0 saturated heterocycles. The van der Waals surface area contributed by atoms with Crippen LogP contribution in [0.3, 0.4) is 0 Å². The summed E-state index contributed by atoms with van der Waals surface area (Å²) in [7, 11) is 0. The highest BCUT2D eigenvalue weighted by Gasteiger charge is 2.08. The van der Waals surface area contributed by atoms with E-state index in [1.165, 1.54) is 9.58 Å². The smallest absolute Gasteiger partial charge is 0.107 e. The van der Waals surface area contributed by atoms with Crippen molar-refractivity contribution in [2.45, 2.75) is 13.8 Å². The lowest BCUT2D eigenvalue weighted by atomic mass is 10.3. The Morgan fingerprint density at radius 1 is 1.40 bits per heavy atom. The zero-order chi connectivity index (χ0) is 10.7. The maximum atomic E-state index is 4.39. The van der Waals surface area contributed by atoms with Gasteiger partial charge >= 0.3 is 0 Å². The van der Waals surface area contributed by atoms with E-state index in [0.717, 1.165) is 11.2 Å². The fourth-order valence-electron chi connectivity index (χ4n) is 1.45. The van der Waals surface area contributed by atoms with E-state index >= 15 is 0 Å². The summed E-state index contributed by atoms with van der Waals surface area (Å²) in [6, 6.07) is 4.03. The first-order valence-corrected chi connectivity index (χ1v) is 5.67. The molecule has 0 aliphatic rings. The van der Waals surface area contributed by atoms with Crippen molar-refractivity contribution in [2.75, 3.05) is 0 Å². The third-order valence-corrected chi connectivity index (χ3v) is 3.12. The standard InChI is InChI=1S/C12H12N2S/c1-3-6-9-11(13-4-2)12-10(15-9)7-5-8-14-12/h3-8H,1-2H3/b6-3-,13-4?. The molecule has 2 rings (SSSR count). The fourth-order valence-corrected chi connectivity index (χ4v) is 2.53. The van der Waals surface area contributed by atoms with Crippen LogP contribution in [0.1, 0.15) is 18.7 Å². The van der Waals surface area contributed by atoms with E-state index in [9.17, 15) is 0 Å². The van der Waals surface area contributed by atoms with E-state index < -0.39 is 0 Å². The molecule has 0 aliphatic heterocycles. The van der Waals surface area contributed by atoms with Crippen LogP contribution in [0.2, 0.25) is 0 Å². The van der Waals surface area contributed by atoms with Gasteiger partial charge in [0.05, 0.1) is 9.58 Å². The summed E-state index contributed by atoms with van der Waals surface area (Å²) in [4.78, 5) is 9.92. The molecule has 0 bridgehead atoms. The third-order valence-electron chi connectivity index (χ3n) is 2.02. The van der Waals surface area contributed by atoms with Crippen molar-refractivity contribution in [3.8, 4) is 0 Å². The molecule has 0 atom stereocenters. The molecule has 0 unspecified atom stereocenters. The highest BCUT2D eigenvalue weighted by atomic mass is 32.1. The molecule has 2 heterocycles. The highest BCUT2D eigenvalue weighted by Crippen LogP contribution is 2.37. The molecule has 15 heavy (non-hydrogen) atoms. The maximum absolute atomic E-state index is 4.39. The highest BCUT2D eigenvalue weighted by molar-refractivity contribution is 7.20. The van der Waals surface area contributed by atoms with Crippen molar-refractivity contribution in [2.24, 2.45) is 4.99 Å². The third kappa shape index (κ3) is 1.83. The summed E-state index contributed by atoms with van der Waals surface area (Å²) < 4.78 is 1.19. The molecular weight excluding hydrogens is 204 g/mol. The van der Waals surface area contributed by atoms with Crippen molar-refractivity contribution in [3.63, 3.8) is 0 Å². The second-order valence-electron chi connectivity index (χ2n) is 3.05. The maximum Gasteiger partial charge on any atom is 0.107 e. The molecule has 2 nitrogen and oxygen atoms in total. The minimum atomic E-state index is 0.983. The van der Waals surface area contributed by atoms with Crippen molar-refractivity contribution in [1.82, 2.24) is 4.98 Å².